The van der Waals surface area contributed by atoms with E-state index in [4.69, 9.17) is 14.7 Å². The van der Waals surface area contributed by atoms with E-state index >= 15 is 0 Å². The summed E-state index contributed by atoms with van der Waals surface area (Å²) >= 11 is 1.65. The van der Waals surface area contributed by atoms with Crippen LogP contribution in [0.25, 0.3) is 0 Å². The Balaban J connectivity index is 2.21. The number of rotatable bonds is 2. The highest BCUT2D eigenvalue weighted by atomic mass is 32.2. The van der Waals surface area contributed by atoms with E-state index in [0.29, 0.717) is 5.75 Å². The molecule has 0 spiro atoms. The molecule has 0 saturated heterocycles. The molecule has 4 nitrogen and oxygen atoms in total. The molecule has 1 aliphatic rings. The highest BCUT2D eigenvalue weighted by Gasteiger charge is 2.15. The largest absolute Gasteiger partial charge is 0.707 e. The zero-order chi connectivity index (χ0) is 9.26. The third-order valence-corrected chi connectivity index (χ3v) is 2.62. The first-order valence-corrected chi connectivity index (χ1v) is 4.78. The van der Waals surface area contributed by atoms with E-state index in [0.717, 1.165) is 16.5 Å². The summed E-state index contributed by atoms with van der Waals surface area (Å²) in [5, 5.41) is 20.3. The van der Waals surface area contributed by atoms with E-state index in [1.54, 1.807) is 23.9 Å². The van der Waals surface area contributed by atoms with E-state index in [9.17, 15) is 0 Å². The molecule has 0 radical (unpaired) electrons. The van der Waals surface area contributed by atoms with Gasteiger partial charge < -0.3 is 20.0 Å². The Morgan fingerprint density at radius 3 is 3.08 bits per heavy atom. The molecule has 6 heteroatoms. The summed E-state index contributed by atoms with van der Waals surface area (Å²) < 4.78 is 4.71. The van der Waals surface area contributed by atoms with Crippen LogP contribution in [0.4, 0.5) is 5.69 Å². The van der Waals surface area contributed by atoms with Crippen LogP contribution in [0.3, 0.4) is 0 Å². The molecule has 0 saturated carbocycles. The van der Waals surface area contributed by atoms with E-state index < -0.39 is 7.32 Å². The molecule has 3 N–H and O–H groups in total. The molecule has 68 valence electrons. The lowest BCUT2D eigenvalue weighted by atomic mass is 10.2. The van der Waals surface area contributed by atoms with Crippen molar-refractivity contribution in [2.24, 2.45) is 0 Å². The minimum Gasteiger partial charge on any atom is -0.512 e. The van der Waals surface area contributed by atoms with Gasteiger partial charge in [0.15, 0.2) is 0 Å². The summed E-state index contributed by atoms with van der Waals surface area (Å²) in [5.41, 5.74) is 1.06. The highest BCUT2D eigenvalue weighted by molar-refractivity contribution is 7.99. The van der Waals surface area contributed by atoms with Crippen LogP contribution < -0.4 is 9.97 Å². The van der Waals surface area contributed by atoms with Crippen LogP contribution in [0.2, 0.25) is 0 Å². The van der Waals surface area contributed by atoms with E-state index in [-0.39, 0.29) is 0 Å². The van der Waals surface area contributed by atoms with Gasteiger partial charge in [-0.1, -0.05) is 0 Å². The number of benzene rings is 1. The Morgan fingerprint density at radius 2 is 2.31 bits per heavy atom. The first-order chi connectivity index (χ1) is 6.25. The summed E-state index contributed by atoms with van der Waals surface area (Å²) in [6.45, 7) is 0. The van der Waals surface area contributed by atoms with Crippen molar-refractivity contribution in [1.82, 2.24) is 0 Å². The topological polar surface area (TPSA) is 61.7 Å². The third-order valence-electron chi connectivity index (χ3n) is 1.68. The number of thioether (sulfide) groups is 1. The minimum atomic E-state index is -1.75. The van der Waals surface area contributed by atoms with Gasteiger partial charge in [-0.05, 0) is 18.2 Å². The lowest BCUT2D eigenvalue weighted by Gasteiger charge is -2.05. The van der Waals surface area contributed by atoms with Gasteiger partial charge in [0, 0.05) is 10.6 Å². The van der Waals surface area contributed by atoms with Crippen molar-refractivity contribution in [2.75, 3.05) is 11.2 Å². The Kier molecular flexibility index (Phi) is 2.35. The van der Waals surface area contributed by atoms with Gasteiger partial charge in [0.2, 0.25) is 0 Å². The third kappa shape index (κ3) is 1.90. The molecule has 1 aliphatic heterocycles. The maximum atomic E-state index is 8.57. The SMILES string of the molecule is OB(O)Oc1ccc2c(c1)SCN2. The predicted molar refractivity (Wildman–Crippen MR) is 51.6 cm³/mol. The van der Waals surface area contributed by atoms with Gasteiger partial charge in [-0.3, -0.25) is 0 Å². The molecule has 0 fully saturated rings. The van der Waals surface area contributed by atoms with Crippen LogP contribution in [0.5, 0.6) is 5.75 Å². The van der Waals surface area contributed by atoms with Gasteiger partial charge in [-0.2, -0.15) is 0 Å². The first kappa shape index (κ1) is 8.74. The van der Waals surface area contributed by atoms with E-state index in [1.807, 2.05) is 6.07 Å². The Hall–Kier alpha value is -0.845. The van der Waals surface area contributed by atoms with Crippen LogP contribution in [0, 0.1) is 0 Å². The fourth-order valence-corrected chi connectivity index (χ4v) is 2.03. The molecule has 0 bridgehead atoms. The van der Waals surface area contributed by atoms with Crippen molar-refractivity contribution in [3.05, 3.63) is 18.2 Å². The zero-order valence-corrected chi connectivity index (χ0v) is 7.54. The molecule has 2 rings (SSSR count). The van der Waals surface area contributed by atoms with Crippen LogP contribution in [0.15, 0.2) is 23.1 Å². The normalized spacial score (nSPS) is 13.4. The fourth-order valence-electron chi connectivity index (χ4n) is 1.15. The molecule has 1 aromatic carbocycles. The maximum absolute atomic E-state index is 8.57. The van der Waals surface area contributed by atoms with Crippen molar-refractivity contribution in [1.29, 1.82) is 0 Å². The number of hydrogen-bond acceptors (Lipinski definition) is 5. The highest BCUT2D eigenvalue weighted by Crippen LogP contribution is 2.36. The van der Waals surface area contributed by atoms with Crippen LogP contribution in [-0.2, 0) is 0 Å². The van der Waals surface area contributed by atoms with Gasteiger partial charge in [-0.15, -0.1) is 11.8 Å². The van der Waals surface area contributed by atoms with Gasteiger partial charge in [0.05, 0.1) is 5.88 Å². The lowest BCUT2D eigenvalue weighted by Crippen LogP contribution is -2.20. The first-order valence-electron chi connectivity index (χ1n) is 3.79. The summed E-state index contributed by atoms with van der Waals surface area (Å²) in [6, 6.07) is 5.32. The molecule has 0 aromatic heterocycles. The van der Waals surface area contributed by atoms with Gasteiger partial charge in [-0.25, -0.2) is 0 Å². The summed E-state index contributed by atoms with van der Waals surface area (Å²) in [4.78, 5) is 1.07. The predicted octanol–water partition coefficient (Wildman–Crippen LogP) is 0.510. The lowest BCUT2D eigenvalue weighted by molar-refractivity contribution is 0.288. The number of nitrogens with one attached hydrogen (secondary N) is 1. The van der Waals surface area contributed by atoms with Gasteiger partial charge >= 0.3 is 7.32 Å². The number of hydrogen-bond donors (Lipinski definition) is 3. The van der Waals surface area contributed by atoms with E-state index in [2.05, 4.69) is 5.32 Å². The van der Waals surface area contributed by atoms with Crippen LogP contribution in [-0.4, -0.2) is 23.2 Å². The molecular formula is C7H8BNO3S. The molecule has 1 heterocycles. The van der Waals surface area contributed by atoms with Crippen molar-refractivity contribution in [3.63, 3.8) is 0 Å². The standard InChI is InChI=1S/C7H8BNO3S/c10-8(11)12-5-1-2-6-7(3-5)13-4-9-6/h1-3,9-11H,4H2. The smallest absolute Gasteiger partial charge is 0.512 e. The monoisotopic (exact) mass is 197 g/mol. The van der Waals surface area contributed by atoms with Crippen LogP contribution >= 0.6 is 11.8 Å². The molecule has 0 amide bonds. The van der Waals surface area contributed by atoms with Crippen molar-refractivity contribution < 1.29 is 14.7 Å². The van der Waals surface area contributed by atoms with E-state index in [1.165, 1.54) is 0 Å². The average Bonchev–Trinajstić information content (AvgIpc) is 2.49. The maximum Gasteiger partial charge on any atom is 0.707 e. The van der Waals surface area contributed by atoms with Crippen molar-refractivity contribution >= 4 is 24.8 Å². The Morgan fingerprint density at radius 1 is 1.46 bits per heavy atom. The molecule has 1 aromatic rings. The summed E-state index contributed by atoms with van der Waals surface area (Å²) in [5.74, 6) is 1.31. The van der Waals surface area contributed by atoms with Crippen LogP contribution in [0.1, 0.15) is 0 Å². The molecule has 0 aliphatic carbocycles. The second kappa shape index (κ2) is 3.49. The fraction of sp³-hybridized carbons (Fsp3) is 0.143. The van der Waals surface area contributed by atoms with Crippen molar-refractivity contribution in [2.45, 2.75) is 4.90 Å². The van der Waals surface area contributed by atoms with Gasteiger partial charge in [0.1, 0.15) is 5.75 Å². The molecule has 13 heavy (non-hydrogen) atoms. The summed E-state index contributed by atoms with van der Waals surface area (Å²) in [7, 11) is -1.75. The zero-order valence-electron chi connectivity index (χ0n) is 6.73. The summed E-state index contributed by atoms with van der Waals surface area (Å²) in [6.07, 6.45) is 0. The van der Waals surface area contributed by atoms with Crippen molar-refractivity contribution in [3.8, 4) is 5.75 Å². The second-order valence-corrected chi connectivity index (χ2v) is 3.58. The Labute approximate surface area is 80.1 Å². The quantitative estimate of drug-likeness (QED) is 0.603. The number of anilines is 1. The average molecular weight is 197 g/mol. The molecular weight excluding hydrogens is 189 g/mol. The Bertz CT molecular complexity index is 321. The molecule has 0 atom stereocenters. The second-order valence-electron chi connectivity index (χ2n) is 2.57. The van der Waals surface area contributed by atoms with Gasteiger partial charge in [0.25, 0.3) is 0 Å². The minimum absolute atomic E-state index is 0.463. The number of fused-ring (bicyclic) bond motifs is 1. The molecule has 0 unspecified atom stereocenters.